The fourth-order valence-electron chi connectivity index (χ4n) is 3.78. The van der Waals surface area contributed by atoms with Crippen LogP contribution >= 0.6 is 12.2 Å². The van der Waals surface area contributed by atoms with Crippen LogP contribution in [0.25, 0.3) is 0 Å². The maximum absolute atomic E-state index is 6.13. The number of benzene rings is 2. The summed E-state index contributed by atoms with van der Waals surface area (Å²) in [6, 6.07) is 18.3. The topological polar surface area (TPSA) is 53.2 Å². The molecule has 158 valence electrons. The van der Waals surface area contributed by atoms with E-state index >= 15 is 0 Å². The van der Waals surface area contributed by atoms with Crippen LogP contribution in [0.3, 0.4) is 0 Å². The largest absolute Gasteiger partial charge is 0.485 e. The minimum atomic E-state index is -0.305. The van der Waals surface area contributed by atoms with Gasteiger partial charge < -0.3 is 14.0 Å². The lowest BCUT2D eigenvalue weighted by Crippen LogP contribution is -2.34. The Hall–Kier alpha value is -2.64. The number of hydrogen-bond donors (Lipinski definition) is 1. The van der Waals surface area contributed by atoms with Gasteiger partial charge in [0, 0.05) is 13.1 Å². The Morgan fingerprint density at radius 2 is 1.77 bits per heavy atom. The Balaban J connectivity index is 1.54. The summed E-state index contributed by atoms with van der Waals surface area (Å²) in [7, 11) is 1.92. The van der Waals surface area contributed by atoms with Crippen molar-refractivity contribution in [1.29, 1.82) is 0 Å². The molecule has 0 saturated heterocycles. The number of aromatic nitrogens is 3. The van der Waals surface area contributed by atoms with Crippen LogP contribution in [0.15, 0.2) is 54.6 Å². The average Bonchev–Trinajstić information content (AvgIpc) is 3.02. The summed E-state index contributed by atoms with van der Waals surface area (Å²) >= 11 is 5.65. The molecule has 1 N–H and O–H groups in total. The number of nitrogens with zero attached hydrogens (tertiary/aromatic N) is 3. The highest BCUT2D eigenvalue weighted by Crippen LogP contribution is 2.35. The predicted octanol–water partition coefficient (Wildman–Crippen LogP) is 4.80. The van der Waals surface area contributed by atoms with Gasteiger partial charge in [-0.1, -0.05) is 63.2 Å². The van der Waals surface area contributed by atoms with Gasteiger partial charge in [0.25, 0.3) is 0 Å². The first-order valence-corrected chi connectivity index (χ1v) is 10.6. The van der Waals surface area contributed by atoms with Crippen LogP contribution in [-0.2, 0) is 13.7 Å². The molecule has 1 aliphatic heterocycles. The zero-order chi connectivity index (χ0) is 21.3. The van der Waals surface area contributed by atoms with Crippen molar-refractivity contribution < 1.29 is 9.47 Å². The molecule has 1 aliphatic rings. The fraction of sp³-hybridized carbons (Fsp3) is 0.391. The molecule has 0 bridgehead atoms. The zero-order valence-electron chi connectivity index (χ0n) is 17.8. The molecule has 1 aromatic heterocycles. The van der Waals surface area contributed by atoms with Crippen molar-refractivity contribution in [3.63, 3.8) is 0 Å². The maximum Gasteiger partial charge on any atom is 0.198 e. The summed E-state index contributed by atoms with van der Waals surface area (Å²) in [4.78, 5) is 0. The second kappa shape index (κ2) is 8.24. The first-order valence-electron chi connectivity index (χ1n) is 10.1. The molecule has 2 aromatic carbocycles. The molecule has 0 aliphatic carbocycles. The molecule has 0 radical (unpaired) electrons. The van der Waals surface area contributed by atoms with Crippen LogP contribution < -0.4 is 14.8 Å². The van der Waals surface area contributed by atoms with Gasteiger partial charge >= 0.3 is 0 Å². The van der Waals surface area contributed by atoms with Crippen LogP contribution in [0.1, 0.15) is 44.3 Å². The molecule has 2 atom stereocenters. The van der Waals surface area contributed by atoms with E-state index in [1.165, 1.54) is 5.56 Å². The molecule has 0 saturated carbocycles. The smallest absolute Gasteiger partial charge is 0.198 e. The molecule has 4 rings (SSSR count). The van der Waals surface area contributed by atoms with E-state index < -0.39 is 0 Å². The van der Waals surface area contributed by atoms with Gasteiger partial charge in [-0.25, -0.2) is 4.68 Å². The van der Waals surface area contributed by atoms with Gasteiger partial charge in [-0.3, -0.25) is 5.32 Å². The molecule has 0 unspecified atom stereocenters. The van der Waals surface area contributed by atoms with Gasteiger partial charge in [-0.05, 0) is 35.3 Å². The number of para-hydroxylation sites is 2. The van der Waals surface area contributed by atoms with E-state index in [9.17, 15) is 0 Å². The van der Waals surface area contributed by atoms with Gasteiger partial charge in [0.1, 0.15) is 6.61 Å². The first kappa shape index (κ1) is 20.6. The highest BCUT2D eigenvalue weighted by molar-refractivity contribution is 7.71. The maximum atomic E-state index is 6.13. The van der Waals surface area contributed by atoms with Crippen molar-refractivity contribution >= 4 is 12.2 Å². The van der Waals surface area contributed by atoms with Crippen molar-refractivity contribution in [3.05, 3.63) is 70.8 Å². The molecule has 3 aromatic rings. The quantitative estimate of drug-likeness (QED) is 0.597. The average molecular weight is 425 g/mol. The third kappa shape index (κ3) is 4.13. The molecule has 30 heavy (non-hydrogen) atoms. The van der Waals surface area contributed by atoms with E-state index in [1.807, 2.05) is 46.6 Å². The van der Waals surface area contributed by atoms with E-state index in [1.54, 1.807) is 0 Å². The zero-order valence-corrected chi connectivity index (χ0v) is 18.6. The first-order chi connectivity index (χ1) is 14.3. The Labute approximate surface area is 182 Å². The highest BCUT2D eigenvalue weighted by Gasteiger charge is 2.29. The Morgan fingerprint density at radius 1 is 1.10 bits per heavy atom. The Kier molecular flexibility index (Phi) is 5.66. The van der Waals surface area contributed by atoms with Gasteiger partial charge in [-0.15, -0.1) is 0 Å². The van der Waals surface area contributed by atoms with E-state index in [0.717, 1.165) is 17.3 Å². The number of hydrogen-bond acceptors (Lipinski definition) is 5. The van der Waals surface area contributed by atoms with Gasteiger partial charge in [0.2, 0.25) is 0 Å². The van der Waals surface area contributed by atoms with Gasteiger partial charge in [0.05, 0.1) is 6.67 Å². The summed E-state index contributed by atoms with van der Waals surface area (Å²) in [5, 5.41) is 8.40. The van der Waals surface area contributed by atoms with Crippen molar-refractivity contribution in [2.24, 2.45) is 12.5 Å². The number of nitrogens with one attached hydrogen (secondary N) is 1. The summed E-state index contributed by atoms with van der Waals surface area (Å²) in [5.41, 5.74) is 1.28. The SMILES string of the molecule is Cn1c([C@@H]2COc3ccccc3O2)nn(CN[C@H](c2ccccc2)C(C)(C)C)c1=S. The van der Waals surface area contributed by atoms with Crippen LogP contribution in [-0.4, -0.2) is 21.0 Å². The summed E-state index contributed by atoms with van der Waals surface area (Å²) in [6.07, 6.45) is -0.305. The van der Waals surface area contributed by atoms with E-state index in [0.29, 0.717) is 18.0 Å². The molecule has 2 heterocycles. The Bertz CT molecular complexity index is 1070. The molecule has 7 heteroatoms. The van der Waals surface area contributed by atoms with Crippen molar-refractivity contribution in [2.75, 3.05) is 6.61 Å². The molecular formula is C23H28N4O2S. The number of ether oxygens (including phenoxy) is 2. The minimum absolute atomic E-state index is 0.0329. The second-order valence-corrected chi connectivity index (χ2v) is 9.00. The van der Waals surface area contributed by atoms with E-state index in [2.05, 4.69) is 50.4 Å². The highest BCUT2D eigenvalue weighted by atomic mass is 32.1. The van der Waals surface area contributed by atoms with Crippen LogP contribution in [0.5, 0.6) is 11.5 Å². The molecule has 0 fully saturated rings. The van der Waals surface area contributed by atoms with E-state index in [4.69, 9.17) is 26.8 Å². The lowest BCUT2D eigenvalue weighted by atomic mass is 9.82. The van der Waals surface area contributed by atoms with Crippen molar-refractivity contribution in [2.45, 2.75) is 39.6 Å². The monoisotopic (exact) mass is 424 g/mol. The normalized spacial score (nSPS) is 17.0. The molecule has 0 spiro atoms. The molecular weight excluding hydrogens is 396 g/mol. The second-order valence-electron chi connectivity index (χ2n) is 8.64. The van der Waals surface area contributed by atoms with Gasteiger partial charge in [-0.2, -0.15) is 5.10 Å². The Morgan fingerprint density at radius 3 is 2.47 bits per heavy atom. The summed E-state index contributed by atoms with van der Waals surface area (Å²) in [6.45, 7) is 7.59. The van der Waals surface area contributed by atoms with Crippen molar-refractivity contribution in [3.8, 4) is 11.5 Å². The summed E-state index contributed by atoms with van der Waals surface area (Å²) < 4.78 is 16.3. The predicted molar refractivity (Wildman–Crippen MR) is 119 cm³/mol. The molecule has 6 nitrogen and oxygen atoms in total. The van der Waals surface area contributed by atoms with Gasteiger partial charge in [0.15, 0.2) is 28.2 Å². The number of rotatable bonds is 5. The minimum Gasteiger partial charge on any atom is -0.485 e. The lowest BCUT2D eigenvalue weighted by molar-refractivity contribution is 0.0824. The van der Waals surface area contributed by atoms with E-state index in [-0.39, 0.29) is 17.6 Å². The van der Waals surface area contributed by atoms with Crippen LogP contribution in [0.2, 0.25) is 0 Å². The molecule has 0 amide bonds. The van der Waals surface area contributed by atoms with Crippen LogP contribution in [0.4, 0.5) is 0 Å². The standard InChI is InChI=1S/C23H28N4O2S/c1-23(2,3)20(16-10-6-5-7-11-16)24-15-27-22(30)26(4)21(25-27)19-14-28-17-12-8-9-13-18(17)29-19/h5-13,19-20,24H,14-15H2,1-4H3/t19-,20+/m0/s1. The summed E-state index contributed by atoms with van der Waals surface area (Å²) in [5.74, 6) is 2.24. The van der Waals surface area contributed by atoms with Crippen molar-refractivity contribution in [1.82, 2.24) is 19.7 Å². The third-order valence-electron chi connectivity index (χ3n) is 5.32. The fourth-order valence-corrected chi connectivity index (χ4v) is 3.98. The lowest BCUT2D eigenvalue weighted by Gasteiger charge is -2.32. The van der Waals surface area contributed by atoms with Crippen LogP contribution in [0, 0.1) is 10.2 Å². The number of fused-ring (bicyclic) bond motifs is 1. The third-order valence-corrected chi connectivity index (χ3v) is 5.80.